The predicted molar refractivity (Wildman–Crippen MR) is 74.9 cm³/mol. The second-order valence-electron chi connectivity index (χ2n) is 4.34. The molecule has 4 nitrogen and oxygen atoms in total. The van der Waals surface area contributed by atoms with Gasteiger partial charge in [-0.3, -0.25) is 0 Å². The lowest BCUT2D eigenvalue weighted by Crippen LogP contribution is -2.17. The Labute approximate surface area is 114 Å². The molecule has 0 aromatic heterocycles. The number of carbonyl (C=O) groups is 1. The van der Waals surface area contributed by atoms with Gasteiger partial charge < -0.3 is 15.2 Å². The average Bonchev–Trinajstić information content (AvgIpc) is 2.36. The Bertz CT molecular complexity index is 441. The van der Waals surface area contributed by atoms with Gasteiger partial charge in [0.25, 0.3) is 0 Å². The van der Waals surface area contributed by atoms with E-state index in [-0.39, 0.29) is 0 Å². The zero-order valence-electron chi connectivity index (χ0n) is 11.5. The first-order valence-corrected chi connectivity index (χ1v) is 6.38. The Hall–Kier alpha value is -1.65. The Morgan fingerprint density at radius 3 is 2.68 bits per heavy atom. The quantitative estimate of drug-likeness (QED) is 0.707. The van der Waals surface area contributed by atoms with E-state index in [1.165, 1.54) is 11.6 Å². The minimum Gasteiger partial charge on any atom is -0.478 e. The SMILES string of the molecule is CCOCc1ccccc1CNC/C(C)=C/C(=O)O. The summed E-state index contributed by atoms with van der Waals surface area (Å²) >= 11 is 0. The van der Waals surface area contributed by atoms with E-state index in [1.54, 1.807) is 6.92 Å². The first-order valence-electron chi connectivity index (χ1n) is 6.38. The van der Waals surface area contributed by atoms with Crippen molar-refractivity contribution in [3.8, 4) is 0 Å². The summed E-state index contributed by atoms with van der Waals surface area (Å²) < 4.78 is 5.42. The number of benzene rings is 1. The molecule has 0 amide bonds. The minimum atomic E-state index is -0.906. The molecule has 0 atom stereocenters. The van der Waals surface area contributed by atoms with Gasteiger partial charge in [-0.1, -0.05) is 29.8 Å². The second-order valence-corrected chi connectivity index (χ2v) is 4.34. The molecule has 0 aliphatic heterocycles. The molecule has 0 spiro atoms. The van der Waals surface area contributed by atoms with Gasteiger partial charge in [0.15, 0.2) is 0 Å². The van der Waals surface area contributed by atoms with Crippen LogP contribution in [0.25, 0.3) is 0 Å². The van der Waals surface area contributed by atoms with Crippen molar-refractivity contribution in [3.05, 3.63) is 47.0 Å². The Kier molecular flexibility index (Phi) is 6.85. The van der Waals surface area contributed by atoms with Crippen molar-refractivity contribution in [1.29, 1.82) is 0 Å². The second kappa shape index (κ2) is 8.45. The fourth-order valence-corrected chi connectivity index (χ4v) is 1.74. The summed E-state index contributed by atoms with van der Waals surface area (Å²) in [5, 5.41) is 11.9. The molecular formula is C15H21NO3. The van der Waals surface area contributed by atoms with Crippen LogP contribution >= 0.6 is 0 Å². The molecule has 19 heavy (non-hydrogen) atoms. The molecule has 2 N–H and O–H groups in total. The molecule has 0 saturated heterocycles. The van der Waals surface area contributed by atoms with Gasteiger partial charge in [0.05, 0.1) is 6.61 Å². The molecule has 0 saturated carbocycles. The molecule has 4 heteroatoms. The van der Waals surface area contributed by atoms with Crippen molar-refractivity contribution >= 4 is 5.97 Å². The van der Waals surface area contributed by atoms with Crippen LogP contribution in [-0.4, -0.2) is 24.2 Å². The van der Waals surface area contributed by atoms with Crippen LogP contribution in [0.2, 0.25) is 0 Å². The number of nitrogens with one attached hydrogen (secondary N) is 1. The van der Waals surface area contributed by atoms with Crippen molar-refractivity contribution < 1.29 is 14.6 Å². The standard InChI is InChI=1S/C15H21NO3/c1-3-19-11-14-7-5-4-6-13(14)10-16-9-12(2)8-15(17)18/h4-8,16H,3,9-11H2,1-2H3,(H,17,18)/b12-8+. The molecule has 104 valence electrons. The lowest BCUT2D eigenvalue weighted by atomic mass is 10.1. The van der Waals surface area contributed by atoms with Crippen LogP contribution in [-0.2, 0) is 22.7 Å². The summed E-state index contributed by atoms with van der Waals surface area (Å²) in [5.74, 6) is -0.906. The summed E-state index contributed by atoms with van der Waals surface area (Å²) in [6, 6.07) is 8.09. The molecule has 1 aromatic rings. The minimum absolute atomic E-state index is 0.565. The van der Waals surface area contributed by atoms with Crippen LogP contribution < -0.4 is 5.32 Å². The van der Waals surface area contributed by atoms with Crippen LogP contribution in [0.1, 0.15) is 25.0 Å². The molecule has 0 bridgehead atoms. The van der Waals surface area contributed by atoms with Crippen LogP contribution in [0.5, 0.6) is 0 Å². The van der Waals surface area contributed by atoms with Crippen molar-refractivity contribution in [3.63, 3.8) is 0 Å². The van der Waals surface area contributed by atoms with E-state index in [2.05, 4.69) is 11.4 Å². The Morgan fingerprint density at radius 2 is 2.05 bits per heavy atom. The summed E-state index contributed by atoms with van der Waals surface area (Å²) in [6.45, 7) is 6.35. The van der Waals surface area contributed by atoms with E-state index >= 15 is 0 Å². The van der Waals surface area contributed by atoms with Gasteiger partial charge in [0.2, 0.25) is 0 Å². The summed E-state index contributed by atoms with van der Waals surface area (Å²) in [5.41, 5.74) is 3.14. The van der Waals surface area contributed by atoms with Crippen LogP contribution in [0.4, 0.5) is 0 Å². The zero-order chi connectivity index (χ0) is 14.1. The fourth-order valence-electron chi connectivity index (χ4n) is 1.74. The molecule has 0 fully saturated rings. The molecule has 0 unspecified atom stereocenters. The first-order chi connectivity index (χ1) is 9.13. The first kappa shape index (κ1) is 15.4. The van der Waals surface area contributed by atoms with E-state index < -0.39 is 5.97 Å². The summed E-state index contributed by atoms with van der Waals surface area (Å²) in [4.78, 5) is 10.5. The molecule has 0 radical (unpaired) electrons. The highest BCUT2D eigenvalue weighted by atomic mass is 16.5. The maximum absolute atomic E-state index is 10.5. The van der Waals surface area contributed by atoms with E-state index in [0.29, 0.717) is 26.3 Å². The van der Waals surface area contributed by atoms with E-state index in [9.17, 15) is 4.79 Å². The normalized spacial score (nSPS) is 11.6. The number of aliphatic carboxylic acids is 1. The summed E-state index contributed by atoms with van der Waals surface area (Å²) in [6.07, 6.45) is 1.22. The number of rotatable bonds is 8. The molecule has 0 aliphatic rings. The van der Waals surface area contributed by atoms with Crippen LogP contribution in [0.15, 0.2) is 35.9 Å². The number of hydrogen-bond acceptors (Lipinski definition) is 3. The Morgan fingerprint density at radius 1 is 1.37 bits per heavy atom. The highest BCUT2D eigenvalue weighted by Gasteiger charge is 2.01. The number of ether oxygens (including phenoxy) is 1. The van der Waals surface area contributed by atoms with Gasteiger partial charge in [0.1, 0.15) is 0 Å². The van der Waals surface area contributed by atoms with Crippen molar-refractivity contribution in [2.24, 2.45) is 0 Å². The third kappa shape index (κ3) is 6.18. The fraction of sp³-hybridized carbons (Fsp3) is 0.400. The lowest BCUT2D eigenvalue weighted by molar-refractivity contribution is -0.131. The Balaban J connectivity index is 2.51. The largest absolute Gasteiger partial charge is 0.478 e. The van der Waals surface area contributed by atoms with Crippen molar-refractivity contribution in [1.82, 2.24) is 5.32 Å². The third-order valence-corrected chi connectivity index (χ3v) is 2.67. The number of hydrogen-bond donors (Lipinski definition) is 2. The number of carboxylic acid groups (broad SMARTS) is 1. The zero-order valence-corrected chi connectivity index (χ0v) is 11.5. The monoisotopic (exact) mass is 263 g/mol. The molecule has 0 aliphatic carbocycles. The molecule has 1 rings (SSSR count). The van der Waals surface area contributed by atoms with Gasteiger partial charge >= 0.3 is 5.97 Å². The van der Waals surface area contributed by atoms with Crippen molar-refractivity contribution in [2.45, 2.75) is 27.0 Å². The van der Waals surface area contributed by atoms with Gasteiger partial charge in [-0.15, -0.1) is 0 Å². The van der Waals surface area contributed by atoms with Crippen LogP contribution in [0, 0.1) is 0 Å². The van der Waals surface area contributed by atoms with Crippen LogP contribution in [0.3, 0.4) is 0 Å². The highest BCUT2D eigenvalue weighted by Crippen LogP contribution is 2.10. The smallest absolute Gasteiger partial charge is 0.328 e. The maximum atomic E-state index is 10.5. The third-order valence-electron chi connectivity index (χ3n) is 2.67. The molecule has 0 heterocycles. The van der Waals surface area contributed by atoms with E-state index in [4.69, 9.17) is 9.84 Å². The van der Waals surface area contributed by atoms with Crippen molar-refractivity contribution in [2.75, 3.05) is 13.2 Å². The highest BCUT2D eigenvalue weighted by molar-refractivity contribution is 5.80. The number of carboxylic acids is 1. The van der Waals surface area contributed by atoms with Gasteiger partial charge in [0, 0.05) is 25.8 Å². The predicted octanol–water partition coefficient (Wildman–Crippen LogP) is 2.34. The van der Waals surface area contributed by atoms with Gasteiger partial charge in [-0.2, -0.15) is 0 Å². The maximum Gasteiger partial charge on any atom is 0.328 e. The lowest BCUT2D eigenvalue weighted by Gasteiger charge is -2.10. The molecule has 1 aromatic carbocycles. The topological polar surface area (TPSA) is 58.6 Å². The van der Waals surface area contributed by atoms with Gasteiger partial charge in [-0.25, -0.2) is 4.79 Å². The average molecular weight is 263 g/mol. The van der Waals surface area contributed by atoms with E-state index in [0.717, 1.165) is 11.1 Å². The van der Waals surface area contributed by atoms with E-state index in [1.807, 2.05) is 25.1 Å². The summed E-state index contributed by atoms with van der Waals surface area (Å²) in [7, 11) is 0. The molecular weight excluding hydrogens is 242 g/mol. The van der Waals surface area contributed by atoms with Gasteiger partial charge in [-0.05, 0) is 25.0 Å².